The van der Waals surface area contributed by atoms with Gasteiger partial charge in [-0.05, 0) is 57.6 Å². The summed E-state index contributed by atoms with van der Waals surface area (Å²) < 4.78 is 0. The number of nitrogens with two attached hydrogens (primary N) is 1. The molecule has 0 unspecified atom stereocenters. The van der Waals surface area contributed by atoms with Crippen LogP contribution in [0.1, 0.15) is 58.8 Å². The van der Waals surface area contributed by atoms with E-state index in [1.807, 2.05) is 31.3 Å². The number of hydrogen-bond donors (Lipinski definition) is 4. The molecule has 2 aliphatic rings. The van der Waals surface area contributed by atoms with Crippen molar-refractivity contribution in [2.75, 3.05) is 29.5 Å². The molecule has 3 atom stereocenters. The maximum atomic E-state index is 13.2. The van der Waals surface area contributed by atoms with Gasteiger partial charge >= 0.3 is 0 Å². The van der Waals surface area contributed by atoms with Crippen LogP contribution in [0.25, 0.3) is 22.2 Å². The second-order valence-corrected chi connectivity index (χ2v) is 10.5. The molecule has 2 fully saturated rings. The first kappa shape index (κ1) is 24.3. The van der Waals surface area contributed by atoms with Crippen molar-refractivity contribution in [2.24, 2.45) is 11.8 Å². The molecule has 5 rings (SSSR count). The maximum absolute atomic E-state index is 13.2. The molecule has 0 spiro atoms. The van der Waals surface area contributed by atoms with Gasteiger partial charge in [-0.1, -0.05) is 25.3 Å². The van der Waals surface area contributed by atoms with E-state index in [-0.39, 0.29) is 29.9 Å². The Morgan fingerprint density at radius 1 is 1.14 bits per heavy atom. The van der Waals surface area contributed by atoms with Gasteiger partial charge in [0.05, 0.1) is 17.1 Å². The molecule has 2 aromatic heterocycles. The van der Waals surface area contributed by atoms with Crippen molar-refractivity contribution in [3.05, 3.63) is 24.3 Å². The number of aromatic amines is 1. The predicted molar refractivity (Wildman–Crippen MR) is 145 cm³/mol. The Morgan fingerprint density at radius 2 is 1.94 bits per heavy atom. The van der Waals surface area contributed by atoms with Gasteiger partial charge in [-0.2, -0.15) is 10.1 Å². The summed E-state index contributed by atoms with van der Waals surface area (Å²) in [5.41, 5.74) is 8.78. The SMILES string of the molecule is CNc1n[nH]c2cc(-c3cc(N4C[C@@H](C(=O)N[C@H](C)C5CCCCC5)CC[C@H]4C)nc(N)n3)ccc12. The van der Waals surface area contributed by atoms with Crippen molar-refractivity contribution in [3.63, 3.8) is 0 Å². The van der Waals surface area contributed by atoms with Crippen LogP contribution in [0.15, 0.2) is 24.3 Å². The number of benzene rings is 1. The number of fused-ring (bicyclic) bond motifs is 1. The van der Waals surface area contributed by atoms with Gasteiger partial charge in [0.2, 0.25) is 11.9 Å². The summed E-state index contributed by atoms with van der Waals surface area (Å²) in [5.74, 6) is 2.51. The van der Waals surface area contributed by atoms with Crippen LogP contribution in [0.4, 0.5) is 17.6 Å². The van der Waals surface area contributed by atoms with Crippen molar-refractivity contribution in [3.8, 4) is 11.3 Å². The van der Waals surface area contributed by atoms with Crippen LogP contribution in [-0.2, 0) is 4.79 Å². The topological polar surface area (TPSA) is 125 Å². The van der Waals surface area contributed by atoms with Crippen LogP contribution >= 0.6 is 0 Å². The maximum Gasteiger partial charge on any atom is 0.225 e. The van der Waals surface area contributed by atoms with E-state index in [1.165, 1.54) is 32.1 Å². The average molecular weight is 491 g/mol. The zero-order valence-electron chi connectivity index (χ0n) is 21.6. The second-order valence-electron chi connectivity index (χ2n) is 10.5. The summed E-state index contributed by atoms with van der Waals surface area (Å²) in [7, 11) is 1.85. The van der Waals surface area contributed by atoms with Crippen LogP contribution in [0.5, 0.6) is 0 Å². The van der Waals surface area contributed by atoms with E-state index >= 15 is 0 Å². The number of nitrogen functional groups attached to an aromatic ring is 1. The number of hydrogen-bond acceptors (Lipinski definition) is 7. The summed E-state index contributed by atoms with van der Waals surface area (Å²) in [6.07, 6.45) is 8.14. The molecule has 0 bridgehead atoms. The van der Waals surface area contributed by atoms with Crippen molar-refractivity contribution in [2.45, 2.75) is 70.9 Å². The van der Waals surface area contributed by atoms with Gasteiger partial charge in [-0.15, -0.1) is 0 Å². The molecule has 9 nitrogen and oxygen atoms in total. The Hall–Kier alpha value is -3.36. The van der Waals surface area contributed by atoms with Crippen molar-refractivity contribution < 1.29 is 4.79 Å². The van der Waals surface area contributed by atoms with E-state index in [4.69, 9.17) is 5.73 Å². The van der Waals surface area contributed by atoms with Gasteiger partial charge in [-0.3, -0.25) is 9.89 Å². The lowest BCUT2D eigenvalue weighted by Crippen LogP contribution is -2.50. The molecule has 1 aliphatic carbocycles. The Labute approximate surface area is 212 Å². The lowest BCUT2D eigenvalue weighted by atomic mass is 9.84. The molecule has 1 saturated carbocycles. The first-order chi connectivity index (χ1) is 17.4. The second kappa shape index (κ2) is 10.3. The minimum atomic E-state index is -0.0619. The Balaban J connectivity index is 1.34. The first-order valence-corrected chi connectivity index (χ1v) is 13.3. The van der Waals surface area contributed by atoms with Gasteiger partial charge in [0.1, 0.15) is 5.82 Å². The first-order valence-electron chi connectivity index (χ1n) is 13.3. The van der Waals surface area contributed by atoms with Gasteiger partial charge in [-0.25, -0.2) is 4.98 Å². The lowest BCUT2D eigenvalue weighted by Gasteiger charge is -2.39. The Bertz CT molecular complexity index is 1220. The third kappa shape index (κ3) is 4.96. The molecule has 36 heavy (non-hydrogen) atoms. The van der Waals surface area contributed by atoms with Crippen LogP contribution in [0.2, 0.25) is 0 Å². The number of nitrogens with one attached hydrogen (secondary N) is 3. The normalized spacial score (nSPS) is 21.9. The number of rotatable bonds is 6. The number of aromatic nitrogens is 4. The summed E-state index contributed by atoms with van der Waals surface area (Å²) in [6.45, 7) is 4.99. The highest BCUT2D eigenvalue weighted by atomic mass is 16.2. The highest BCUT2D eigenvalue weighted by molar-refractivity contribution is 5.92. The predicted octanol–water partition coefficient (Wildman–Crippen LogP) is 4.33. The summed E-state index contributed by atoms with van der Waals surface area (Å²) in [4.78, 5) is 24.5. The quantitative estimate of drug-likeness (QED) is 0.405. The number of carbonyl (C=O) groups is 1. The van der Waals surface area contributed by atoms with E-state index in [9.17, 15) is 4.79 Å². The number of nitrogens with zero attached hydrogens (tertiary/aromatic N) is 4. The number of piperidine rings is 1. The third-order valence-corrected chi connectivity index (χ3v) is 8.10. The standard InChI is InChI=1S/C27H38N8O/c1-16-9-10-20(26(36)30-17(2)18-7-5-4-6-8-18)15-35(16)24-14-22(31-27(28)32-24)19-11-12-21-23(13-19)33-34-25(21)29-3/h11-14,16-18,20H,4-10,15H2,1-3H3,(H,30,36)(H2,28,31,32)(H2,29,33,34)/t16-,17-,20+/m1/s1. The molecule has 5 N–H and O–H groups in total. The van der Waals surface area contributed by atoms with Crippen molar-refractivity contribution >= 4 is 34.4 Å². The molecule has 192 valence electrons. The number of H-pyrrole nitrogens is 1. The fourth-order valence-corrected chi connectivity index (χ4v) is 5.85. The molecule has 9 heteroatoms. The smallest absolute Gasteiger partial charge is 0.225 e. The zero-order chi connectivity index (χ0) is 25.2. The van der Waals surface area contributed by atoms with Crippen molar-refractivity contribution in [1.82, 2.24) is 25.5 Å². The summed E-state index contributed by atoms with van der Waals surface area (Å²) in [5, 5.41) is 14.8. The van der Waals surface area contributed by atoms with E-state index < -0.39 is 0 Å². The molecule has 1 aliphatic heterocycles. The van der Waals surface area contributed by atoms with Gasteiger partial charge in [0.25, 0.3) is 0 Å². The summed E-state index contributed by atoms with van der Waals surface area (Å²) >= 11 is 0. The molecule has 1 aromatic carbocycles. The minimum Gasteiger partial charge on any atom is -0.371 e. The van der Waals surface area contributed by atoms with Crippen LogP contribution < -0.4 is 21.3 Å². The van der Waals surface area contributed by atoms with E-state index in [0.29, 0.717) is 12.5 Å². The molecule has 1 saturated heterocycles. The van der Waals surface area contributed by atoms with Crippen molar-refractivity contribution in [1.29, 1.82) is 0 Å². The molecular formula is C27H38N8O. The highest BCUT2D eigenvalue weighted by Gasteiger charge is 2.32. The van der Waals surface area contributed by atoms with Crippen LogP contribution in [0, 0.1) is 11.8 Å². The third-order valence-electron chi connectivity index (χ3n) is 8.10. The van der Waals surface area contributed by atoms with Crippen LogP contribution in [-0.4, -0.2) is 51.7 Å². The number of amides is 1. The number of anilines is 3. The highest BCUT2D eigenvalue weighted by Crippen LogP contribution is 2.32. The van der Waals surface area contributed by atoms with Gasteiger partial charge in [0.15, 0.2) is 5.82 Å². The Morgan fingerprint density at radius 3 is 2.72 bits per heavy atom. The summed E-state index contributed by atoms with van der Waals surface area (Å²) in [6, 6.07) is 8.54. The lowest BCUT2D eigenvalue weighted by molar-refractivity contribution is -0.126. The minimum absolute atomic E-state index is 0.0619. The van der Waals surface area contributed by atoms with E-state index in [0.717, 1.165) is 46.6 Å². The molecular weight excluding hydrogens is 452 g/mol. The molecule has 3 aromatic rings. The monoisotopic (exact) mass is 490 g/mol. The van der Waals surface area contributed by atoms with Gasteiger partial charge in [0, 0.05) is 42.7 Å². The average Bonchev–Trinajstić information content (AvgIpc) is 3.31. The zero-order valence-corrected chi connectivity index (χ0v) is 21.6. The van der Waals surface area contributed by atoms with Crippen LogP contribution in [0.3, 0.4) is 0 Å². The van der Waals surface area contributed by atoms with E-state index in [2.05, 4.69) is 49.5 Å². The molecule has 1 amide bonds. The molecule has 3 heterocycles. The Kier molecular flexibility index (Phi) is 6.98. The fourth-order valence-electron chi connectivity index (χ4n) is 5.85. The van der Waals surface area contributed by atoms with E-state index in [1.54, 1.807) is 0 Å². The fraction of sp³-hybridized carbons (Fsp3) is 0.556. The molecule has 0 radical (unpaired) electrons. The number of carbonyl (C=O) groups excluding carboxylic acids is 1. The van der Waals surface area contributed by atoms with Gasteiger partial charge < -0.3 is 21.3 Å². The largest absolute Gasteiger partial charge is 0.371 e.